The molecule has 0 atom stereocenters. The van der Waals surface area contributed by atoms with Crippen LogP contribution in [0.25, 0.3) is 93.3 Å². The van der Waals surface area contributed by atoms with E-state index in [1.54, 1.807) is 11.3 Å². The van der Waals surface area contributed by atoms with E-state index >= 15 is 0 Å². The maximum atomic E-state index is 6.80. The lowest BCUT2D eigenvalue weighted by molar-refractivity contribution is 0.670. The second kappa shape index (κ2) is 10.2. The number of hydrogen-bond acceptors (Lipinski definition) is 6. The molecule has 0 aliphatic rings. The molecule has 0 fully saturated rings. The smallest absolute Gasteiger partial charge is 0.238 e. The zero-order valence-corrected chi connectivity index (χ0v) is 25.6. The van der Waals surface area contributed by atoms with Crippen molar-refractivity contribution in [3.05, 3.63) is 140 Å². The molecule has 7 heteroatoms. The van der Waals surface area contributed by atoms with Crippen LogP contribution in [0.2, 0.25) is 0 Å². The highest BCUT2D eigenvalue weighted by atomic mass is 32.1. The van der Waals surface area contributed by atoms with E-state index in [0.29, 0.717) is 17.6 Å². The Bertz CT molecular complexity index is 2730. The molecule has 0 amide bonds. The van der Waals surface area contributed by atoms with Gasteiger partial charge in [-0.2, -0.15) is 9.97 Å². The summed E-state index contributed by atoms with van der Waals surface area (Å²) < 4.78 is 10.1. The average Bonchev–Trinajstić information content (AvgIpc) is 3.84. The second-order valence-electron chi connectivity index (χ2n) is 11.5. The van der Waals surface area contributed by atoms with E-state index < -0.39 is 0 Å². The van der Waals surface area contributed by atoms with E-state index in [4.69, 9.17) is 24.4 Å². The van der Waals surface area contributed by atoms with Crippen molar-refractivity contribution < 1.29 is 4.42 Å². The summed E-state index contributed by atoms with van der Waals surface area (Å²) in [7, 11) is 0. The van der Waals surface area contributed by atoms with Crippen molar-refractivity contribution in [1.29, 1.82) is 0 Å². The Kier molecular flexibility index (Phi) is 5.64. The topological polar surface area (TPSA) is 69.6 Å². The van der Waals surface area contributed by atoms with Gasteiger partial charge in [0.05, 0.1) is 32.4 Å². The first-order valence-electron chi connectivity index (χ1n) is 15.4. The van der Waals surface area contributed by atoms with Crippen molar-refractivity contribution in [3.63, 3.8) is 0 Å². The van der Waals surface area contributed by atoms with Crippen LogP contribution < -0.4 is 0 Å². The summed E-state index contributed by atoms with van der Waals surface area (Å²) >= 11 is 1.67. The molecule has 0 spiro atoms. The zero-order valence-electron chi connectivity index (χ0n) is 24.8. The molecule has 4 heterocycles. The fourth-order valence-electron chi connectivity index (χ4n) is 6.59. The minimum absolute atomic E-state index is 0.543. The predicted molar refractivity (Wildman–Crippen MR) is 191 cm³/mol. The standard InChI is InChI=1S/C40H23N5OS/c1-2-12-24(13-3-1)37-42-38(44-40(43-37)45-32-21-7-4-14-25(32)26-15-5-8-22-33(26)45)29-18-10-16-27-28-17-11-19-30(36(28)46-35(27)29)39-41-31-20-6-9-23-34(31)47-39/h1-23H. The maximum Gasteiger partial charge on any atom is 0.238 e. The third-order valence-electron chi connectivity index (χ3n) is 8.73. The molecule has 0 bridgehead atoms. The quantitative estimate of drug-likeness (QED) is 0.196. The zero-order chi connectivity index (χ0) is 30.9. The normalized spacial score (nSPS) is 11.8. The number of thiazole rings is 1. The molecule has 47 heavy (non-hydrogen) atoms. The number of para-hydroxylation sites is 5. The van der Waals surface area contributed by atoms with Gasteiger partial charge in [-0.25, -0.2) is 9.97 Å². The summed E-state index contributed by atoms with van der Waals surface area (Å²) in [5.74, 6) is 1.69. The van der Waals surface area contributed by atoms with Crippen LogP contribution in [0.1, 0.15) is 0 Å². The summed E-state index contributed by atoms with van der Waals surface area (Å²) in [6, 6.07) is 47.5. The van der Waals surface area contributed by atoms with Gasteiger partial charge in [0.2, 0.25) is 5.95 Å². The Hall–Kier alpha value is -6.18. The number of furan rings is 1. The van der Waals surface area contributed by atoms with Gasteiger partial charge in [0, 0.05) is 27.1 Å². The monoisotopic (exact) mass is 621 g/mol. The number of fused-ring (bicyclic) bond motifs is 7. The van der Waals surface area contributed by atoms with Gasteiger partial charge in [0.15, 0.2) is 11.6 Å². The SMILES string of the molecule is c1ccc(-c2nc(-c3cccc4c3oc3c(-c5nc6ccccc6s5)cccc34)nc(-n3c4ccccc4c4ccccc43)n2)cc1. The van der Waals surface area contributed by atoms with E-state index in [1.165, 1.54) is 0 Å². The molecular formula is C40H23N5OS. The van der Waals surface area contributed by atoms with Crippen LogP contribution in [-0.2, 0) is 0 Å². The summed E-state index contributed by atoms with van der Waals surface area (Å²) in [5.41, 5.74) is 7.27. The van der Waals surface area contributed by atoms with E-state index in [1.807, 2.05) is 60.7 Å². The van der Waals surface area contributed by atoms with Gasteiger partial charge in [-0.3, -0.25) is 4.57 Å². The number of rotatable bonds is 4. The molecule has 0 aliphatic heterocycles. The molecule has 0 unspecified atom stereocenters. The number of nitrogens with zero attached hydrogens (tertiary/aromatic N) is 5. The Labute approximate surface area is 272 Å². The summed E-state index contributed by atoms with van der Waals surface area (Å²) in [6.07, 6.45) is 0. The molecule has 4 aromatic heterocycles. The second-order valence-corrected chi connectivity index (χ2v) is 12.5. The molecule has 0 N–H and O–H groups in total. The highest BCUT2D eigenvalue weighted by Crippen LogP contribution is 2.41. The van der Waals surface area contributed by atoms with Crippen LogP contribution in [0.5, 0.6) is 0 Å². The van der Waals surface area contributed by atoms with Crippen LogP contribution in [0, 0.1) is 0 Å². The first-order chi connectivity index (χ1) is 23.3. The first-order valence-corrected chi connectivity index (χ1v) is 16.2. The molecule has 0 aliphatic carbocycles. The Morgan fingerprint density at radius 2 is 1.06 bits per heavy atom. The molecule has 10 rings (SSSR count). The summed E-state index contributed by atoms with van der Waals surface area (Å²) in [4.78, 5) is 20.3. The molecule has 220 valence electrons. The highest BCUT2D eigenvalue weighted by molar-refractivity contribution is 7.21. The van der Waals surface area contributed by atoms with Crippen molar-refractivity contribution in [2.75, 3.05) is 0 Å². The van der Waals surface area contributed by atoms with Gasteiger partial charge in [0.1, 0.15) is 16.2 Å². The Morgan fingerprint density at radius 1 is 0.468 bits per heavy atom. The van der Waals surface area contributed by atoms with Crippen molar-refractivity contribution >= 4 is 65.3 Å². The van der Waals surface area contributed by atoms with Gasteiger partial charge in [-0.15, -0.1) is 11.3 Å². The van der Waals surface area contributed by atoms with Gasteiger partial charge in [-0.05, 0) is 36.4 Å². The molecule has 0 saturated heterocycles. The molecule has 10 aromatic rings. The largest absolute Gasteiger partial charge is 0.455 e. The predicted octanol–water partition coefficient (Wildman–Crippen LogP) is 10.5. The Balaban J connectivity index is 1.24. The minimum atomic E-state index is 0.543. The Morgan fingerprint density at radius 3 is 1.81 bits per heavy atom. The van der Waals surface area contributed by atoms with Crippen molar-refractivity contribution in [1.82, 2.24) is 24.5 Å². The molecule has 6 aromatic carbocycles. The van der Waals surface area contributed by atoms with Crippen LogP contribution in [0.15, 0.2) is 144 Å². The third kappa shape index (κ3) is 4.03. The summed E-state index contributed by atoms with van der Waals surface area (Å²) in [5, 5.41) is 5.25. The van der Waals surface area contributed by atoms with Crippen LogP contribution in [-0.4, -0.2) is 24.5 Å². The minimum Gasteiger partial charge on any atom is -0.455 e. The van der Waals surface area contributed by atoms with E-state index in [-0.39, 0.29) is 0 Å². The van der Waals surface area contributed by atoms with Gasteiger partial charge >= 0.3 is 0 Å². The van der Waals surface area contributed by atoms with Crippen LogP contribution in [0.4, 0.5) is 0 Å². The van der Waals surface area contributed by atoms with Crippen molar-refractivity contribution in [2.24, 2.45) is 0 Å². The summed E-state index contributed by atoms with van der Waals surface area (Å²) in [6.45, 7) is 0. The molecular weight excluding hydrogens is 599 g/mol. The van der Waals surface area contributed by atoms with Crippen molar-refractivity contribution in [3.8, 4) is 39.3 Å². The van der Waals surface area contributed by atoms with E-state index in [2.05, 4.69) is 83.4 Å². The fourth-order valence-corrected chi connectivity index (χ4v) is 7.58. The van der Waals surface area contributed by atoms with E-state index in [0.717, 1.165) is 75.7 Å². The van der Waals surface area contributed by atoms with Crippen LogP contribution in [0.3, 0.4) is 0 Å². The fraction of sp³-hybridized carbons (Fsp3) is 0. The third-order valence-corrected chi connectivity index (χ3v) is 9.79. The van der Waals surface area contributed by atoms with Gasteiger partial charge < -0.3 is 4.42 Å². The lowest BCUT2D eigenvalue weighted by Crippen LogP contribution is -2.06. The molecule has 6 nitrogen and oxygen atoms in total. The van der Waals surface area contributed by atoms with Crippen molar-refractivity contribution in [2.45, 2.75) is 0 Å². The lowest BCUT2D eigenvalue weighted by atomic mass is 10.1. The average molecular weight is 622 g/mol. The van der Waals surface area contributed by atoms with Gasteiger partial charge in [0.25, 0.3) is 0 Å². The molecule has 0 radical (unpaired) electrons. The highest BCUT2D eigenvalue weighted by Gasteiger charge is 2.21. The maximum absolute atomic E-state index is 6.80. The van der Waals surface area contributed by atoms with E-state index in [9.17, 15) is 0 Å². The molecule has 0 saturated carbocycles. The number of benzene rings is 6. The number of aromatic nitrogens is 5. The lowest BCUT2D eigenvalue weighted by Gasteiger charge is -2.11. The first kappa shape index (κ1) is 26.1. The van der Waals surface area contributed by atoms with Crippen LogP contribution >= 0.6 is 11.3 Å². The van der Waals surface area contributed by atoms with Gasteiger partial charge in [-0.1, -0.05) is 103 Å². The number of hydrogen-bond donors (Lipinski definition) is 0.